The maximum absolute atomic E-state index is 12.2. The van der Waals surface area contributed by atoms with Crippen LogP contribution in [0.15, 0.2) is 0 Å². The molecule has 0 radical (unpaired) electrons. The third-order valence-corrected chi connectivity index (χ3v) is 3.69. The van der Waals surface area contributed by atoms with E-state index in [0.717, 1.165) is 0 Å². The van der Waals surface area contributed by atoms with Gasteiger partial charge in [0.25, 0.3) is 0 Å². The molecule has 3 amide bonds. The van der Waals surface area contributed by atoms with Gasteiger partial charge in [-0.2, -0.15) is 0 Å². The lowest BCUT2D eigenvalue weighted by molar-refractivity contribution is -0.140. The Morgan fingerprint density at radius 1 is 1.40 bits per heavy atom. The van der Waals surface area contributed by atoms with E-state index in [9.17, 15) is 14.4 Å². The minimum Gasteiger partial charge on any atom is -0.378 e. The van der Waals surface area contributed by atoms with Crippen molar-refractivity contribution in [3.63, 3.8) is 0 Å². The molecule has 20 heavy (non-hydrogen) atoms. The second-order valence-corrected chi connectivity index (χ2v) is 5.21. The van der Waals surface area contributed by atoms with Crippen LogP contribution >= 0.6 is 0 Å². The summed E-state index contributed by atoms with van der Waals surface area (Å²) in [4.78, 5) is 37.0. The van der Waals surface area contributed by atoms with Crippen LogP contribution in [0.2, 0.25) is 0 Å². The lowest BCUT2D eigenvalue weighted by Crippen LogP contribution is -2.52. The quantitative estimate of drug-likeness (QED) is 0.686. The topological polar surface area (TPSA) is 87.7 Å². The Bertz CT molecular complexity index is 383. The highest BCUT2D eigenvalue weighted by Gasteiger charge is 2.28. The van der Waals surface area contributed by atoms with E-state index in [-0.39, 0.29) is 23.6 Å². The Hall–Kier alpha value is -1.63. The smallest absolute Gasteiger partial charge is 0.245 e. The SMILES string of the molecule is CC(NC(=O)C1CCC(=O)NC1)C(=O)N1CCOCC1. The normalized spacial score (nSPS) is 24.8. The molecule has 0 aliphatic carbocycles. The van der Waals surface area contributed by atoms with E-state index in [0.29, 0.717) is 45.7 Å². The van der Waals surface area contributed by atoms with Crippen LogP contribution in [0, 0.1) is 5.92 Å². The van der Waals surface area contributed by atoms with Crippen LogP contribution in [-0.2, 0) is 19.1 Å². The van der Waals surface area contributed by atoms with Gasteiger partial charge in [-0.15, -0.1) is 0 Å². The van der Waals surface area contributed by atoms with E-state index in [1.54, 1.807) is 11.8 Å². The van der Waals surface area contributed by atoms with Crippen LogP contribution in [-0.4, -0.2) is 61.5 Å². The number of carbonyl (C=O) groups is 3. The Morgan fingerprint density at radius 2 is 2.10 bits per heavy atom. The molecule has 7 heteroatoms. The van der Waals surface area contributed by atoms with Gasteiger partial charge in [-0.25, -0.2) is 0 Å². The van der Waals surface area contributed by atoms with Gasteiger partial charge in [0.1, 0.15) is 6.04 Å². The summed E-state index contributed by atoms with van der Waals surface area (Å²) in [6.07, 6.45) is 0.903. The highest BCUT2D eigenvalue weighted by molar-refractivity contribution is 5.89. The predicted molar refractivity (Wildman–Crippen MR) is 70.7 cm³/mol. The van der Waals surface area contributed by atoms with Gasteiger partial charge in [0.15, 0.2) is 0 Å². The summed E-state index contributed by atoms with van der Waals surface area (Å²) in [6, 6.07) is -0.543. The van der Waals surface area contributed by atoms with Crippen molar-refractivity contribution in [2.75, 3.05) is 32.8 Å². The summed E-state index contributed by atoms with van der Waals surface area (Å²) >= 11 is 0. The molecule has 2 aliphatic heterocycles. The number of morpholine rings is 1. The van der Waals surface area contributed by atoms with Gasteiger partial charge in [0.2, 0.25) is 17.7 Å². The van der Waals surface area contributed by atoms with Gasteiger partial charge in [0.05, 0.1) is 19.1 Å². The molecule has 2 fully saturated rings. The molecule has 2 heterocycles. The molecule has 0 aromatic heterocycles. The van der Waals surface area contributed by atoms with Crippen molar-refractivity contribution in [3.05, 3.63) is 0 Å². The fraction of sp³-hybridized carbons (Fsp3) is 0.769. The average Bonchev–Trinajstić information content (AvgIpc) is 2.48. The first-order valence-electron chi connectivity index (χ1n) is 7.01. The van der Waals surface area contributed by atoms with Crippen molar-refractivity contribution in [3.8, 4) is 0 Å². The molecule has 0 bridgehead atoms. The minimum atomic E-state index is -0.543. The van der Waals surface area contributed by atoms with Crippen molar-refractivity contribution in [2.45, 2.75) is 25.8 Å². The van der Waals surface area contributed by atoms with Crippen LogP contribution < -0.4 is 10.6 Å². The Kier molecular flexibility index (Phi) is 4.94. The van der Waals surface area contributed by atoms with E-state index in [1.165, 1.54) is 0 Å². The van der Waals surface area contributed by atoms with Crippen LogP contribution in [0.5, 0.6) is 0 Å². The monoisotopic (exact) mass is 283 g/mol. The van der Waals surface area contributed by atoms with Gasteiger partial charge in [-0.1, -0.05) is 0 Å². The second kappa shape index (κ2) is 6.69. The number of ether oxygens (including phenoxy) is 1. The van der Waals surface area contributed by atoms with Crippen LogP contribution in [0.25, 0.3) is 0 Å². The fourth-order valence-electron chi connectivity index (χ4n) is 2.41. The molecular formula is C13H21N3O4. The molecule has 0 spiro atoms. The largest absolute Gasteiger partial charge is 0.378 e. The van der Waals surface area contributed by atoms with Gasteiger partial charge in [-0.05, 0) is 13.3 Å². The molecule has 2 unspecified atom stereocenters. The van der Waals surface area contributed by atoms with Gasteiger partial charge < -0.3 is 20.3 Å². The predicted octanol–water partition coefficient (Wildman–Crippen LogP) is -1.12. The summed E-state index contributed by atoms with van der Waals surface area (Å²) in [6.45, 7) is 4.26. The first-order valence-corrected chi connectivity index (χ1v) is 7.01. The van der Waals surface area contributed by atoms with E-state index in [4.69, 9.17) is 4.74 Å². The zero-order valence-electron chi connectivity index (χ0n) is 11.7. The van der Waals surface area contributed by atoms with Crippen LogP contribution in [0.1, 0.15) is 19.8 Å². The summed E-state index contributed by atoms with van der Waals surface area (Å²) in [5, 5.41) is 5.41. The fourth-order valence-corrected chi connectivity index (χ4v) is 2.41. The van der Waals surface area contributed by atoms with Gasteiger partial charge in [-0.3, -0.25) is 14.4 Å². The van der Waals surface area contributed by atoms with E-state index in [1.807, 2.05) is 0 Å². The van der Waals surface area contributed by atoms with Crippen molar-refractivity contribution in [1.82, 2.24) is 15.5 Å². The summed E-state index contributed by atoms with van der Waals surface area (Å²) in [5.74, 6) is -0.514. The number of carbonyl (C=O) groups excluding carboxylic acids is 3. The highest BCUT2D eigenvalue weighted by Crippen LogP contribution is 2.11. The van der Waals surface area contributed by atoms with Gasteiger partial charge in [0, 0.05) is 26.1 Å². The van der Waals surface area contributed by atoms with Crippen molar-refractivity contribution >= 4 is 17.7 Å². The third kappa shape index (κ3) is 3.69. The number of hydrogen-bond donors (Lipinski definition) is 2. The average molecular weight is 283 g/mol. The molecule has 2 aliphatic rings. The lowest BCUT2D eigenvalue weighted by Gasteiger charge is -2.30. The summed E-state index contributed by atoms with van der Waals surface area (Å²) in [5.41, 5.74) is 0. The van der Waals surface area contributed by atoms with Crippen molar-refractivity contribution in [2.24, 2.45) is 5.92 Å². The molecular weight excluding hydrogens is 262 g/mol. The van der Waals surface area contributed by atoms with Crippen molar-refractivity contribution in [1.29, 1.82) is 0 Å². The maximum atomic E-state index is 12.2. The van der Waals surface area contributed by atoms with Crippen molar-refractivity contribution < 1.29 is 19.1 Å². The molecule has 0 aromatic carbocycles. The Morgan fingerprint density at radius 3 is 2.70 bits per heavy atom. The summed E-state index contributed by atoms with van der Waals surface area (Å²) < 4.78 is 5.19. The molecule has 0 aromatic rings. The van der Waals surface area contributed by atoms with Gasteiger partial charge >= 0.3 is 0 Å². The number of nitrogens with zero attached hydrogens (tertiary/aromatic N) is 1. The molecule has 2 atom stereocenters. The zero-order valence-corrected chi connectivity index (χ0v) is 11.7. The number of hydrogen-bond acceptors (Lipinski definition) is 4. The van der Waals surface area contributed by atoms with Crippen LogP contribution in [0.3, 0.4) is 0 Å². The second-order valence-electron chi connectivity index (χ2n) is 5.21. The number of piperidine rings is 1. The molecule has 2 saturated heterocycles. The van der Waals surface area contributed by atoms with E-state index >= 15 is 0 Å². The Labute approximate surface area is 118 Å². The zero-order chi connectivity index (χ0) is 14.5. The maximum Gasteiger partial charge on any atom is 0.245 e. The molecule has 7 nitrogen and oxygen atoms in total. The highest BCUT2D eigenvalue weighted by atomic mass is 16.5. The van der Waals surface area contributed by atoms with Crippen LogP contribution in [0.4, 0.5) is 0 Å². The Balaban J connectivity index is 1.80. The van der Waals surface area contributed by atoms with E-state index in [2.05, 4.69) is 10.6 Å². The molecule has 0 saturated carbocycles. The molecule has 112 valence electrons. The first kappa shape index (κ1) is 14.8. The third-order valence-electron chi connectivity index (χ3n) is 3.69. The van der Waals surface area contributed by atoms with E-state index < -0.39 is 6.04 Å². The number of rotatable bonds is 3. The number of amides is 3. The molecule has 2 N–H and O–H groups in total. The number of nitrogens with one attached hydrogen (secondary N) is 2. The summed E-state index contributed by atoms with van der Waals surface area (Å²) in [7, 11) is 0. The first-order chi connectivity index (χ1) is 9.58. The standard InChI is InChI=1S/C13H21N3O4/c1-9(13(19)16-4-6-20-7-5-16)15-12(18)10-2-3-11(17)14-8-10/h9-10H,2-8H2,1H3,(H,14,17)(H,15,18). The lowest BCUT2D eigenvalue weighted by atomic mass is 9.98. The molecule has 2 rings (SSSR count). The minimum absolute atomic E-state index is 0.0218.